The van der Waals surface area contributed by atoms with E-state index in [4.69, 9.17) is 0 Å². The van der Waals surface area contributed by atoms with Gasteiger partial charge in [-0.15, -0.1) is 0 Å². The first-order valence-electron chi connectivity index (χ1n) is 11.0. The van der Waals surface area contributed by atoms with Crippen LogP contribution in [-0.2, 0) is 18.8 Å². The lowest BCUT2D eigenvalue weighted by Gasteiger charge is -2.41. The maximum absolute atomic E-state index is 13.3. The monoisotopic (exact) mass is 499 g/mol. The molecule has 2 aromatic carbocycles. The molecule has 4 rings (SSSR count). The van der Waals surface area contributed by atoms with Crippen LogP contribution in [0.5, 0.6) is 0 Å². The number of nitrogens with one attached hydrogen (secondary N) is 1. The summed E-state index contributed by atoms with van der Waals surface area (Å²) in [7, 11) is 0. The molecule has 0 unspecified atom stereocenters. The van der Waals surface area contributed by atoms with Crippen LogP contribution in [0.15, 0.2) is 48.7 Å². The summed E-state index contributed by atoms with van der Waals surface area (Å²) in [6.45, 7) is 0.979. The van der Waals surface area contributed by atoms with Gasteiger partial charge in [0.25, 0.3) is 5.91 Å². The number of hydrogen-bond donors (Lipinski definition) is 2. The summed E-state index contributed by atoms with van der Waals surface area (Å²) in [6.07, 6.45) is -7.97. The second kappa shape index (κ2) is 9.54. The number of halogens is 6. The number of carbonyl (C=O) groups excluding carboxylic acids is 1. The number of benzene rings is 2. The third-order valence-electron chi connectivity index (χ3n) is 6.21. The van der Waals surface area contributed by atoms with Gasteiger partial charge in [-0.25, -0.2) is 0 Å². The highest BCUT2D eigenvalue weighted by Crippen LogP contribution is 2.37. The van der Waals surface area contributed by atoms with E-state index in [9.17, 15) is 36.2 Å². The number of aliphatic hydroxyl groups is 1. The Morgan fingerprint density at radius 2 is 1.66 bits per heavy atom. The average molecular weight is 499 g/mol. The fourth-order valence-corrected chi connectivity index (χ4v) is 4.50. The second-order valence-electron chi connectivity index (χ2n) is 8.53. The van der Waals surface area contributed by atoms with Crippen LogP contribution in [-0.4, -0.2) is 64.6 Å². The van der Waals surface area contributed by atoms with Gasteiger partial charge in [-0.05, 0) is 36.2 Å². The fraction of sp³-hybridized carbons (Fsp3) is 0.375. The number of carbonyl (C=O) groups is 1. The van der Waals surface area contributed by atoms with Gasteiger partial charge < -0.3 is 15.0 Å². The highest BCUT2D eigenvalue weighted by atomic mass is 19.4. The number of amides is 1. The molecule has 1 aliphatic heterocycles. The van der Waals surface area contributed by atoms with Crippen molar-refractivity contribution in [3.05, 3.63) is 70.9 Å². The second-order valence-corrected chi connectivity index (χ2v) is 8.53. The van der Waals surface area contributed by atoms with Crippen LogP contribution in [0.2, 0.25) is 0 Å². The van der Waals surface area contributed by atoms with Gasteiger partial charge in [0.1, 0.15) is 0 Å². The van der Waals surface area contributed by atoms with E-state index in [0.29, 0.717) is 38.2 Å². The average Bonchev–Trinajstić information content (AvgIpc) is 3.20. The Balaban J connectivity index is 1.70. The van der Waals surface area contributed by atoms with Gasteiger partial charge in [0.15, 0.2) is 0 Å². The molecule has 0 spiro atoms. The zero-order chi connectivity index (χ0) is 25.4. The third-order valence-corrected chi connectivity index (χ3v) is 6.21. The smallest absolute Gasteiger partial charge is 0.395 e. The van der Waals surface area contributed by atoms with E-state index in [1.54, 1.807) is 6.20 Å². The maximum Gasteiger partial charge on any atom is 0.416 e. The lowest BCUT2D eigenvalue weighted by atomic mass is 9.98. The highest BCUT2D eigenvalue weighted by Gasteiger charge is 2.39. The van der Waals surface area contributed by atoms with Crippen molar-refractivity contribution in [3.63, 3.8) is 0 Å². The number of aliphatic hydroxyl groups excluding tert-OH is 1. The van der Waals surface area contributed by atoms with E-state index in [0.717, 1.165) is 16.5 Å². The number of fused-ring (bicyclic) bond motifs is 1. The van der Waals surface area contributed by atoms with Gasteiger partial charge in [0.05, 0.1) is 17.7 Å². The van der Waals surface area contributed by atoms with Crippen molar-refractivity contribution < 1.29 is 36.2 Å². The molecule has 1 saturated heterocycles. The van der Waals surface area contributed by atoms with Gasteiger partial charge in [-0.3, -0.25) is 9.69 Å². The van der Waals surface area contributed by atoms with Crippen molar-refractivity contribution >= 4 is 16.8 Å². The molecule has 3 aromatic rings. The van der Waals surface area contributed by atoms with E-state index >= 15 is 0 Å². The molecule has 1 aromatic heterocycles. The van der Waals surface area contributed by atoms with Crippen LogP contribution < -0.4 is 0 Å². The quantitative estimate of drug-likeness (QED) is 0.506. The zero-order valence-corrected chi connectivity index (χ0v) is 18.5. The summed E-state index contributed by atoms with van der Waals surface area (Å²) < 4.78 is 80.0. The first kappa shape index (κ1) is 25.1. The van der Waals surface area contributed by atoms with Crippen molar-refractivity contribution in [1.29, 1.82) is 0 Å². The normalized spacial score (nSPS) is 17.8. The molecule has 5 nitrogen and oxygen atoms in total. The van der Waals surface area contributed by atoms with Crippen LogP contribution in [0.25, 0.3) is 10.9 Å². The minimum Gasteiger partial charge on any atom is -0.395 e. The Morgan fingerprint density at radius 3 is 2.29 bits per heavy atom. The van der Waals surface area contributed by atoms with Gasteiger partial charge in [0.2, 0.25) is 0 Å². The van der Waals surface area contributed by atoms with Gasteiger partial charge >= 0.3 is 12.4 Å². The summed E-state index contributed by atoms with van der Waals surface area (Å²) in [4.78, 5) is 19.7. The molecule has 1 fully saturated rings. The summed E-state index contributed by atoms with van der Waals surface area (Å²) in [5.74, 6) is -0.893. The highest BCUT2D eigenvalue weighted by molar-refractivity contribution is 5.95. The molecular weight excluding hydrogens is 476 g/mol. The summed E-state index contributed by atoms with van der Waals surface area (Å²) in [5.41, 5.74) is -1.97. The van der Waals surface area contributed by atoms with Crippen molar-refractivity contribution in [3.8, 4) is 0 Å². The number of β-amino-alcohol motifs (C(OH)–C–C–N with tert-alkyl or cyclic N) is 1. The van der Waals surface area contributed by atoms with Gasteiger partial charge in [-0.2, -0.15) is 26.3 Å². The lowest BCUT2D eigenvalue weighted by Crippen LogP contribution is -2.56. The van der Waals surface area contributed by atoms with E-state index in [1.165, 1.54) is 4.90 Å². The van der Waals surface area contributed by atoms with Crippen LogP contribution in [0.3, 0.4) is 0 Å². The van der Waals surface area contributed by atoms with Crippen LogP contribution in [0.1, 0.15) is 27.0 Å². The third kappa shape index (κ3) is 5.46. The SMILES string of the molecule is O=C(c1cc(C(F)(F)F)cc(C(F)(F)F)c1)N1CCN(CCO)C[C@H]1Cc1c[nH]c2ccccc12. The molecule has 0 saturated carbocycles. The molecule has 1 aliphatic rings. The molecule has 188 valence electrons. The summed E-state index contributed by atoms with van der Waals surface area (Å²) in [5, 5.41) is 10.2. The Labute approximate surface area is 196 Å². The van der Waals surface area contributed by atoms with Gasteiger partial charge in [-0.1, -0.05) is 18.2 Å². The first-order valence-corrected chi connectivity index (χ1v) is 11.0. The summed E-state index contributed by atoms with van der Waals surface area (Å²) >= 11 is 0. The maximum atomic E-state index is 13.3. The number of aromatic amines is 1. The number of alkyl halides is 6. The van der Waals surface area contributed by atoms with Crippen molar-refractivity contribution in [1.82, 2.24) is 14.8 Å². The molecule has 0 bridgehead atoms. The molecule has 2 heterocycles. The van der Waals surface area contributed by atoms with E-state index in [-0.39, 0.29) is 19.2 Å². The Bertz CT molecular complexity index is 1170. The topological polar surface area (TPSA) is 59.6 Å². The molecule has 1 amide bonds. The minimum absolute atomic E-state index is 0.0133. The Hall–Kier alpha value is -3.05. The van der Waals surface area contributed by atoms with Crippen molar-refractivity contribution in [2.24, 2.45) is 0 Å². The van der Waals surface area contributed by atoms with Crippen LogP contribution in [0.4, 0.5) is 26.3 Å². The molecular formula is C24H23F6N3O2. The zero-order valence-electron chi connectivity index (χ0n) is 18.5. The first-order chi connectivity index (χ1) is 16.5. The van der Waals surface area contributed by atoms with E-state index in [1.807, 2.05) is 29.2 Å². The standard InChI is InChI=1S/C24H23F6N3O2/c25-23(26,27)17-9-15(10-18(12-17)24(28,29)30)22(35)33-6-5-32(7-8-34)14-19(33)11-16-13-31-21-4-2-1-3-20(16)21/h1-4,9-10,12-13,19,31,34H,5-8,11,14H2/t19-/m1/s1. The largest absolute Gasteiger partial charge is 0.416 e. The molecule has 0 radical (unpaired) electrons. The lowest BCUT2D eigenvalue weighted by molar-refractivity contribution is -0.143. The van der Waals surface area contributed by atoms with E-state index < -0.39 is 41.0 Å². The predicted octanol–water partition coefficient (Wildman–Crippen LogP) is 4.57. The van der Waals surface area contributed by atoms with Crippen molar-refractivity contribution in [2.75, 3.05) is 32.8 Å². The van der Waals surface area contributed by atoms with Crippen molar-refractivity contribution in [2.45, 2.75) is 24.8 Å². The molecule has 2 N–H and O–H groups in total. The predicted molar refractivity (Wildman–Crippen MR) is 117 cm³/mol. The number of piperazine rings is 1. The number of nitrogens with zero attached hydrogens (tertiary/aromatic N) is 2. The summed E-state index contributed by atoms with van der Waals surface area (Å²) in [6, 6.07) is 7.91. The fourth-order valence-electron chi connectivity index (χ4n) is 4.50. The number of H-pyrrole nitrogens is 1. The number of aromatic nitrogens is 1. The van der Waals surface area contributed by atoms with Crippen LogP contribution in [0, 0.1) is 0 Å². The number of hydrogen-bond acceptors (Lipinski definition) is 3. The Morgan fingerprint density at radius 1 is 1.00 bits per heavy atom. The van der Waals surface area contributed by atoms with Crippen LogP contribution >= 0.6 is 0 Å². The molecule has 35 heavy (non-hydrogen) atoms. The number of rotatable bonds is 5. The number of para-hydroxylation sites is 1. The Kier molecular flexibility index (Phi) is 6.83. The van der Waals surface area contributed by atoms with Gasteiger partial charge in [0, 0.05) is 54.9 Å². The minimum atomic E-state index is -5.04. The molecule has 1 atom stereocenters. The van der Waals surface area contributed by atoms with E-state index in [2.05, 4.69) is 4.98 Å². The molecule has 11 heteroatoms. The molecule has 0 aliphatic carbocycles.